The summed E-state index contributed by atoms with van der Waals surface area (Å²) in [4.78, 5) is 4.21. The first-order chi connectivity index (χ1) is 7.46. The summed E-state index contributed by atoms with van der Waals surface area (Å²) in [6.07, 6.45) is 7.91. The Labute approximate surface area is 97.7 Å². The van der Waals surface area contributed by atoms with Gasteiger partial charge in [-0.25, -0.2) is 0 Å². The number of hydrogen-bond acceptors (Lipinski definition) is 2. The van der Waals surface area contributed by atoms with Gasteiger partial charge in [-0.05, 0) is 30.7 Å². The van der Waals surface area contributed by atoms with Crippen molar-refractivity contribution in [2.24, 2.45) is 5.41 Å². The lowest BCUT2D eigenvalue weighted by Gasteiger charge is -2.46. The van der Waals surface area contributed by atoms with E-state index in [0.717, 1.165) is 30.4 Å². The molecule has 2 nitrogen and oxygen atoms in total. The molecule has 16 heavy (non-hydrogen) atoms. The van der Waals surface area contributed by atoms with Crippen molar-refractivity contribution in [1.29, 1.82) is 0 Å². The normalized spacial score (nSPS) is 29.0. The summed E-state index contributed by atoms with van der Waals surface area (Å²) in [5.41, 5.74) is 1.34. The average molecular weight is 219 g/mol. The number of aryl methyl sites for hydroxylation is 1. The van der Waals surface area contributed by atoms with Gasteiger partial charge in [-0.1, -0.05) is 32.8 Å². The monoisotopic (exact) mass is 219 g/mol. The molecule has 88 valence electrons. The lowest BCUT2D eigenvalue weighted by atomic mass is 9.63. The molecule has 1 aliphatic carbocycles. The van der Waals surface area contributed by atoms with Crippen LogP contribution in [0.5, 0.6) is 0 Å². The zero-order chi connectivity index (χ0) is 11.8. The van der Waals surface area contributed by atoms with Gasteiger partial charge in [-0.15, -0.1) is 0 Å². The van der Waals surface area contributed by atoms with Crippen LogP contribution in [-0.4, -0.2) is 10.1 Å². The molecule has 0 amide bonds. The minimum Gasteiger partial charge on any atom is -0.385 e. The van der Waals surface area contributed by atoms with Gasteiger partial charge < -0.3 is 5.11 Å². The summed E-state index contributed by atoms with van der Waals surface area (Å²) in [6, 6.07) is 2.07. The molecule has 1 saturated carbocycles. The molecule has 1 fully saturated rings. The van der Waals surface area contributed by atoms with E-state index in [1.165, 1.54) is 6.42 Å². The SMILES string of the molecule is Cc1cncc(C2(O)CCCCC2(C)C)c1. The zero-order valence-corrected chi connectivity index (χ0v) is 10.5. The van der Waals surface area contributed by atoms with E-state index in [1.807, 2.05) is 19.3 Å². The molecule has 1 aromatic heterocycles. The number of aliphatic hydroxyl groups is 1. The fourth-order valence-corrected chi connectivity index (χ4v) is 2.81. The highest BCUT2D eigenvalue weighted by Crippen LogP contribution is 2.49. The first-order valence-electron chi connectivity index (χ1n) is 6.10. The highest BCUT2D eigenvalue weighted by atomic mass is 16.3. The molecule has 1 aliphatic rings. The van der Waals surface area contributed by atoms with E-state index in [1.54, 1.807) is 0 Å². The summed E-state index contributed by atoms with van der Waals surface area (Å²) < 4.78 is 0. The second kappa shape index (κ2) is 3.85. The van der Waals surface area contributed by atoms with Crippen LogP contribution in [0.2, 0.25) is 0 Å². The molecule has 0 aliphatic heterocycles. The van der Waals surface area contributed by atoms with Crippen LogP contribution in [0, 0.1) is 12.3 Å². The van der Waals surface area contributed by atoms with Crippen LogP contribution in [0.25, 0.3) is 0 Å². The highest BCUT2D eigenvalue weighted by Gasteiger charge is 2.46. The Morgan fingerprint density at radius 1 is 1.19 bits per heavy atom. The first kappa shape index (κ1) is 11.6. The van der Waals surface area contributed by atoms with E-state index < -0.39 is 5.60 Å². The van der Waals surface area contributed by atoms with Crippen LogP contribution in [0.3, 0.4) is 0 Å². The molecule has 1 unspecified atom stereocenters. The Hall–Kier alpha value is -0.890. The van der Waals surface area contributed by atoms with Crippen LogP contribution < -0.4 is 0 Å². The molecule has 0 radical (unpaired) electrons. The topological polar surface area (TPSA) is 33.1 Å². The Bertz CT molecular complexity index is 386. The van der Waals surface area contributed by atoms with Crippen molar-refractivity contribution >= 4 is 0 Å². The molecule has 0 aromatic carbocycles. The van der Waals surface area contributed by atoms with E-state index in [2.05, 4.69) is 24.9 Å². The highest BCUT2D eigenvalue weighted by molar-refractivity contribution is 5.26. The molecule has 1 atom stereocenters. The van der Waals surface area contributed by atoms with Gasteiger partial charge in [-0.3, -0.25) is 4.98 Å². The third-order valence-electron chi connectivity index (χ3n) is 4.06. The molecule has 1 heterocycles. The minimum atomic E-state index is -0.704. The predicted octanol–water partition coefficient (Wildman–Crippen LogP) is 3.18. The lowest BCUT2D eigenvalue weighted by Crippen LogP contribution is -2.44. The van der Waals surface area contributed by atoms with Gasteiger partial charge in [0.25, 0.3) is 0 Å². The number of hydrogen-bond donors (Lipinski definition) is 1. The van der Waals surface area contributed by atoms with Gasteiger partial charge in [0.1, 0.15) is 0 Å². The summed E-state index contributed by atoms with van der Waals surface area (Å²) in [5, 5.41) is 11.0. The van der Waals surface area contributed by atoms with E-state index in [0.29, 0.717) is 0 Å². The molecule has 0 bridgehead atoms. The molecular formula is C14H21NO. The maximum absolute atomic E-state index is 11.0. The van der Waals surface area contributed by atoms with Gasteiger partial charge in [0.15, 0.2) is 0 Å². The maximum Gasteiger partial charge on any atom is 0.0962 e. The summed E-state index contributed by atoms with van der Waals surface area (Å²) in [6.45, 7) is 6.35. The molecule has 2 rings (SSSR count). The third-order valence-corrected chi connectivity index (χ3v) is 4.06. The van der Waals surface area contributed by atoms with E-state index >= 15 is 0 Å². The van der Waals surface area contributed by atoms with Gasteiger partial charge >= 0.3 is 0 Å². The molecular weight excluding hydrogens is 198 g/mol. The summed E-state index contributed by atoms with van der Waals surface area (Å²) >= 11 is 0. The fourth-order valence-electron chi connectivity index (χ4n) is 2.81. The van der Waals surface area contributed by atoms with Crippen molar-refractivity contribution in [3.8, 4) is 0 Å². The first-order valence-corrected chi connectivity index (χ1v) is 6.10. The standard InChI is InChI=1S/C14H21NO/c1-11-8-12(10-15-9-11)14(16)7-5-4-6-13(14,2)3/h8-10,16H,4-7H2,1-3H3. The second-order valence-corrected chi connectivity index (χ2v) is 5.70. The van der Waals surface area contributed by atoms with Crippen molar-refractivity contribution in [3.63, 3.8) is 0 Å². The number of aromatic nitrogens is 1. The fraction of sp³-hybridized carbons (Fsp3) is 0.643. The maximum atomic E-state index is 11.0. The van der Waals surface area contributed by atoms with Gasteiger partial charge in [0.05, 0.1) is 5.60 Å². The van der Waals surface area contributed by atoms with Crippen molar-refractivity contribution in [1.82, 2.24) is 4.98 Å². The zero-order valence-electron chi connectivity index (χ0n) is 10.5. The van der Waals surface area contributed by atoms with E-state index in [-0.39, 0.29) is 5.41 Å². The lowest BCUT2D eigenvalue weighted by molar-refractivity contribution is -0.104. The Morgan fingerprint density at radius 2 is 1.88 bits per heavy atom. The van der Waals surface area contributed by atoms with Crippen LogP contribution in [0.1, 0.15) is 50.7 Å². The Kier molecular flexibility index (Phi) is 2.79. The number of rotatable bonds is 1. The molecule has 1 aromatic rings. The van der Waals surface area contributed by atoms with Gasteiger partial charge in [-0.2, -0.15) is 0 Å². The molecule has 0 saturated heterocycles. The van der Waals surface area contributed by atoms with E-state index in [4.69, 9.17) is 0 Å². The molecule has 1 N–H and O–H groups in total. The van der Waals surface area contributed by atoms with Crippen LogP contribution in [-0.2, 0) is 5.60 Å². The molecule has 2 heteroatoms. The van der Waals surface area contributed by atoms with Crippen molar-refractivity contribution in [2.75, 3.05) is 0 Å². The van der Waals surface area contributed by atoms with Crippen LogP contribution in [0.4, 0.5) is 0 Å². The summed E-state index contributed by atoms with van der Waals surface area (Å²) in [7, 11) is 0. The van der Waals surface area contributed by atoms with Crippen LogP contribution >= 0.6 is 0 Å². The van der Waals surface area contributed by atoms with Crippen LogP contribution in [0.15, 0.2) is 18.5 Å². The Balaban J connectivity index is 2.43. The van der Waals surface area contributed by atoms with E-state index in [9.17, 15) is 5.11 Å². The van der Waals surface area contributed by atoms with Crippen molar-refractivity contribution in [3.05, 3.63) is 29.6 Å². The Morgan fingerprint density at radius 3 is 2.50 bits per heavy atom. The summed E-state index contributed by atoms with van der Waals surface area (Å²) in [5.74, 6) is 0. The number of nitrogens with zero attached hydrogens (tertiary/aromatic N) is 1. The number of pyridine rings is 1. The smallest absolute Gasteiger partial charge is 0.0962 e. The van der Waals surface area contributed by atoms with Crippen molar-refractivity contribution < 1.29 is 5.11 Å². The van der Waals surface area contributed by atoms with Gasteiger partial charge in [0, 0.05) is 18.0 Å². The minimum absolute atomic E-state index is 0.0548. The average Bonchev–Trinajstić information content (AvgIpc) is 2.22. The molecule has 0 spiro atoms. The van der Waals surface area contributed by atoms with Crippen molar-refractivity contribution in [2.45, 2.75) is 52.1 Å². The van der Waals surface area contributed by atoms with Gasteiger partial charge in [0.2, 0.25) is 0 Å². The predicted molar refractivity (Wildman–Crippen MR) is 65.1 cm³/mol. The quantitative estimate of drug-likeness (QED) is 0.787. The largest absolute Gasteiger partial charge is 0.385 e. The third kappa shape index (κ3) is 1.75. The second-order valence-electron chi connectivity index (χ2n) is 5.70.